The molecular formula is C17H19ClO3S. The van der Waals surface area contributed by atoms with Crippen LogP contribution in [-0.4, -0.2) is 17.7 Å². The van der Waals surface area contributed by atoms with Crippen molar-refractivity contribution in [3.05, 3.63) is 51.2 Å². The van der Waals surface area contributed by atoms with Gasteiger partial charge in [-0.3, -0.25) is 4.79 Å². The van der Waals surface area contributed by atoms with E-state index in [4.69, 9.17) is 16.3 Å². The second-order valence-electron chi connectivity index (χ2n) is 5.09. The average Bonchev–Trinajstić information content (AvgIpc) is 2.91. The Bertz CT molecular complexity index is 624. The van der Waals surface area contributed by atoms with Crippen LogP contribution < -0.4 is 4.74 Å². The van der Waals surface area contributed by atoms with Crippen LogP contribution >= 0.6 is 22.9 Å². The first-order valence-electron chi connectivity index (χ1n) is 7.30. The van der Waals surface area contributed by atoms with E-state index in [1.165, 1.54) is 11.3 Å². The van der Waals surface area contributed by atoms with Crippen LogP contribution in [0.3, 0.4) is 0 Å². The standard InChI is InChI=1S/C17H19ClO3S/c1-2-3-9-21-13-6-4-5-12(10-13)11-14(17(19)20)15-7-8-16(18)22-15/h4-8,10,14H,2-3,9,11H2,1H3,(H,19,20). The molecule has 2 rings (SSSR count). The van der Waals surface area contributed by atoms with Crippen LogP contribution in [0.4, 0.5) is 0 Å². The minimum absolute atomic E-state index is 0.428. The topological polar surface area (TPSA) is 46.5 Å². The lowest BCUT2D eigenvalue weighted by Crippen LogP contribution is -2.13. The zero-order chi connectivity index (χ0) is 15.9. The summed E-state index contributed by atoms with van der Waals surface area (Å²) >= 11 is 7.23. The summed E-state index contributed by atoms with van der Waals surface area (Å²) in [7, 11) is 0. The number of carboxylic acids is 1. The van der Waals surface area contributed by atoms with Crippen molar-refractivity contribution < 1.29 is 14.6 Å². The Hall–Kier alpha value is -1.52. The van der Waals surface area contributed by atoms with Gasteiger partial charge in [-0.2, -0.15) is 0 Å². The fourth-order valence-electron chi connectivity index (χ4n) is 2.16. The maximum Gasteiger partial charge on any atom is 0.312 e. The molecule has 22 heavy (non-hydrogen) atoms. The van der Waals surface area contributed by atoms with Gasteiger partial charge in [0, 0.05) is 4.88 Å². The van der Waals surface area contributed by atoms with E-state index in [0.717, 1.165) is 29.0 Å². The van der Waals surface area contributed by atoms with Gasteiger partial charge < -0.3 is 9.84 Å². The number of ether oxygens (including phenoxy) is 1. The number of unbranched alkanes of at least 4 members (excludes halogenated alkanes) is 1. The van der Waals surface area contributed by atoms with Crippen LogP contribution in [0.1, 0.15) is 36.1 Å². The molecule has 0 saturated carbocycles. The Morgan fingerprint density at radius 1 is 1.36 bits per heavy atom. The van der Waals surface area contributed by atoms with Gasteiger partial charge in [-0.25, -0.2) is 0 Å². The predicted octanol–water partition coefficient (Wildman–Crippen LogP) is 4.99. The molecular weight excluding hydrogens is 320 g/mol. The van der Waals surface area contributed by atoms with Crippen molar-refractivity contribution in [3.8, 4) is 5.75 Å². The molecule has 0 amide bonds. The molecule has 5 heteroatoms. The first-order chi connectivity index (χ1) is 10.6. The minimum atomic E-state index is -0.837. The number of carbonyl (C=O) groups is 1. The molecule has 1 N–H and O–H groups in total. The van der Waals surface area contributed by atoms with E-state index < -0.39 is 11.9 Å². The summed E-state index contributed by atoms with van der Waals surface area (Å²) in [6, 6.07) is 11.2. The van der Waals surface area contributed by atoms with Crippen molar-refractivity contribution in [2.45, 2.75) is 32.1 Å². The highest BCUT2D eigenvalue weighted by Crippen LogP contribution is 2.31. The van der Waals surface area contributed by atoms with Crippen LogP contribution in [0, 0.1) is 0 Å². The summed E-state index contributed by atoms with van der Waals surface area (Å²) in [6.07, 6.45) is 2.52. The molecule has 0 fully saturated rings. The minimum Gasteiger partial charge on any atom is -0.494 e. The van der Waals surface area contributed by atoms with E-state index in [9.17, 15) is 9.90 Å². The van der Waals surface area contributed by atoms with Crippen LogP contribution in [-0.2, 0) is 11.2 Å². The summed E-state index contributed by atoms with van der Waals surface area (Å²) in [4.78, 5) is 12.3. The Morgan fingerprint density at radius 3 is 2.82 bits per heavy atom. The molecule has 1 aromatic carbocycles. The van der Waals surface area contributed by atoms with Gasteiger partial charge in [0.15, 0.2) is 0 Å². The quantitative estimate of drug-likeness (QED) is 0.689. The summed E-state index contributed by atoms with van der Waals surface area (Å²) in [5.41, 5.74) is 0.950. The highest BCUT2D eigenvalue weighted by molar-refractivity contribution is 7.16. The summed E-state index contributed by atoms with van der Waals surface area (Å²) in [6.45, 7) is 2.80. The van der Waals surface area contributed by atoms with E-state index in [-0.39, 0.29) is 0 Å². The largest absolute Gasteiger partial charge is 0.494 e. The fraction of sp³-hybridized carbons (Fsp3) is 0.353. The predicted molar refractivity (Wildman–Crippen MR) is 90.3 cm³/mol. The number of carboxylic acid groups (broad SMARTS) is 1. The lowest BCUT2D eigenvalue weighted by molar-refractivity contribution is -0.138. The van der Waals surface area contributed by atoms with Gasteiger partial charge in [0.25, 0.3) is 0 Å². The van der Waals surface area contributed by atoms with Gasteiger partial charge in [-0.1, -0.05) is 37.1 Å². The second-order valence-corrected chi connectivity index (χ2v) is 6.83. The third-order valence-electron chi connectivity index (χ3n) is 3.34. The van der Waals surface area contributed by atoms with Gasteiger partial charge in [-0.15, -0.1) is 11.3 Å². The average molecular weight is 339 g/mol. The lowest BCUT2D eigenvalue weighted by Gasteiger charge is -2.12. The molecule has 3 nitrogen and oxygen atoms in total. The highest BCUT2D eigenvalue weighted by atomic mass is 35.5. The number of thiophene rings is 1. The van der Waals surface area contributed by atoms with Crippen molar-refractivity contribution in [1.82, 2.24) is 0 Å². The zero-order valence-corrected chi connectivity index (χ0v) is 14.0. The van der Waals surface area contributed by atoms with Crippen LogP contribution in [0.15, 0.2) is 36.4 Å². The van der Waals surface area contributed by atoms with Crippen molar-refractivity contribution in [1.29, 1.82) is 0 Å². The number of hydrogen-bond acceptors (Lipinski definition) is 3. The van der Waals surface area contributed by atoms with Gasteiger partial charge >= 0.3 is 5.97 Å². The molecule has 0 spiro atoms. The van der Waals surface area contributed by atoms with Crippen molar-refractivity contribution in [2.75, 3.05) is 6.61 Å². The third kappa shape index (κ3) is 4.75. The number of rotatable bonds is 8. The first-order valence-corrected chi connectivity index (χ1v) is 8.49. The molecule has 1 atom stereocenters. The fourth-order valence-corrected chi connectivity index (χ4v) is 3.31. The SMILES string of the molecule is CCCCOc1cccc(CC(C(=O)O)c2ccc(Cl)s2)c1. The van der Waals surface area contributed by atoms with Crippen LogP contribution in [0.2, 0.25) is 4.34 Å². The highest BCUT2D eigenvalue weighted by Gasteiger charge is 2.22. The molecule has 2 aromatic rings. The molecule has 118 valence electrons. The maximum absolute atomic E-state index is 11.5. The maximum atomic E-state index is 11.5. The molecule has 0 radical (unpaired) electrons. The van der Waals surface area contributed by atoms with Gasteiger partial charge in [0.2, 0.25) is 0 Å². The van der Waals surface area contributed by atoms with Gasteiger partial charge in [0.1, 0.15) is 5.75 Å². The van der Waals surface area contributed by atoms with Gasteiger partial charge in [-0.05, 0) is 42.7 Å². The Morgan fingerprint density at radius 2 is 2.18 bits per heavy atom. The summed E-state index contributed by atoms with van der Waals surface area (Å²) in [5.74, 6) is -0.626. The zero-order valence-electron chi connectivity index (χ0n) is 12.4. The molecule has 0 saturated heterocycles. The van der Waals surface area contributed by atoms with Crippen molar-refractivity contribution in [3.63, 3.8) is 0 Å². The van der Waals surface area contributed by atoms with E-state index in [1.54, 1.807) is 12.1 Å². The molecule has 1 aromatic heterocycles. The third-order valence-corrected chi connectivity index (χ3v) is 4.69. The lowest BCUT2D eigenvalue weighted by atomic mass is 9.98. The molecule has 0 bridgehead atoms. The Labute approximate surface area is 139 Å². The van der Waals surface area contributed by atoms with E-state index in [2.05, 4.69) is 6.92 Å². The van der Waals surface area contributed by atoms with Crippen LogP contribution in [0.5, 0.6) is 5.75 Å². The van der Waals surface area contributed by atoms with Crippen LogP contribution in [0.25, 0.3) is 0 Å². The van der Waals surface area contributed by atoms with E-state index in [0.29, 0.717) is 17.4 Å². The Kier molecular flexibility index (Phi) is 6.28. The molecule has 1 heterocycles. The summed E-state index contributed by atoms with van der Waals surface area (Å²) < 4.78 is 6.28. The van der Waals surface area contributed by atoms with Crippen molar-refractivity contribution in [2.24, 2.45) is 0 Å². The van der Waals surface area contributed by atoms with Crippen molar-refractivity contribution >= 4 is 28.9 Å². The number of halogens is 1. The molecule has 0 aliphatic carbocycles. The monoisotopic (exact) mass is 338 g/mol. The van der Waals surface area contributed by atoms with E-state index >= 15 is 0 Å². The smallest absolute Gasteiger partial charge is 0.312 e. The molecule has 1 unspecified atom stereocenters. The number of benzene rings is 1. The first kappa shape index (κ1) is 16.8. The molecule has 0 aliphatic rings. The Balaban J connectivity index is 2.10. The normalized spacial score (nSPS) is 12.1. The number of hydrogen-bond donors (Lipinski definition) is 1. The number of aliphatic carboxylic acids is 1. The molecule has 0 aliphatic heterocycles. The summed E-state index contributed by atoms with van der Waals surface area (Å²) in [5, 5.41) is 9.47. The second kappa shape index (κ2) is 8.20. The van der Waals surface area contributed by atoms with E-state index in [1.807, 2.05) is 24.3 Å². The van der Waals surface area contributed by atoms with Gasteiger partial charge in [0.05, 0.1) is 16.9 Å².